The lowest BCUT2D eigenvalue weighted by molar-refractivity contribution is 0.0636. The number of hydrogen-bond donors (Lipinski definition) is 2. The molecule has 1 amide bonds. The van der Waals surface area contributed by atoms with E-state index in [0.717, 1.165) is 31.4 Å². The Hall–Kier alpha value is -3.93. The number of rotatable bonds is 8. The third-order valence-electron chi connectivity index (χ3n) is 6.10. The summed E-state index contributed by atoms with van der Waals surface area (Å²) in [6.45, 7) is 12.2. The molecule has 0 spiro atoms. The minimum Gasteiger partial charge on any atom is -0.488 e. The molecule has 0 aliphatic heterocycles. The van der Waals surface area contributed by atoms with Gasteiger partial charge in [-0.25, -0.2) is 24.7 Å². The average molecular weight is 649 g/mol. The molecule has 5 aromatic rings. The molecule has 2 aromatic carbocycles. The van der Waals surface area contributed by atoms with Crippen LogP contribution in [-0.2, 0) is 16.8 Å². The van der Waals surface area contributed by atoms with Crippen molar-refractivity contribution in [1.29, 1.82) is 0 Å². The van der Waals surface area contributed by atoms with Crippen LogP contribution >= 0.6 is 34.7 Å². The van der Waals surface area contributed by atoms with E-state index in [9.17, 15) is 4.79 Å². The van der Waals surface area contributed by atoms with Gasteiger partial charge in [0.1, 0.15) is 30.1 Å². The number of carbonyl (C=O) groups is 1. The first-order valence-electron chi connectivity index (χ1n) is 13.9. The van der Waals surface area contributed by atoms with Crippen molar-refractivity contribution in [2.45, 2.75) is 69.0 Å². The zero-order chi connectivity index (χ0) is 31.5. The zero-order valence-corrected chi connectivity index (χ0v) is 27.7. The van der Waals surface area contributed by atoms with Gasteiger partial charge in [0, 0.05) is 38.9 Å². The lowest BCUT2D eigenvalue weighted by Gasteiger charge is -2.19. The van der Waals surface area contributed by atoms with Crippen LogP contribution in [0, 0.1) is 0 Å². The summed E-state index contributed by atoms with van der Waals surface area (Å²) < 4.78 is 11.9. The molecule has 0 radical (unpaired) electrons. The Morgan fingerprint density at radius 2 is 1.75 bits per heavy atom. The van der Waals surface area contributed by atoms with Gasteiger partial charge in [-0.15, -0.1) is 11.3 Å². The lowest BCUT2D eigenvalue weighted by Crippen LogP contribution is -2.27. The molecule has 0 fully saturated rings. The van der Waals surface area contributed by atoms with Crippen molar-refractivity contribution in [3.8, 4) is 5.75 Å². The molecule has 44 heavy (non-hydrogen) atoms. The number of halogens is 1. The molecule has 0 aliphatic carbocycles. The number of carbonyl (C=O) groups excluding carboxylic acids is 1. The molecule has 0 unspecified atom stereocenters. The van der Waals surface area contributed by atoms with E-state index in [1.165, 1.54) is 17.7 Å². The number of thiazole rings is 1. The number of anilines is 3. The molecule has 0 saturated heterocycles. The normalized spacial score (nSPS) is 11.8. The van der Waals surface area contributed by atoms with Gasteiger partial charge < -0.3 is 14.8 Å². The van der Waals surface area contributed by atoms with Crippen molar-refractivity contribution in [1.82, 2.24) is 19.9 Å². The molecule has 0 atom stereocenters. The summed E-state index contributed by atoms with van der Waals surface area (Å²) in [6.07, 6.45) is 2.73. The van der Waals surface area contributed by atoms with Gasteiger partial charge in [0.2, 0.25) is 0 Å². The zero-order valence-electron chi connectivity index (χ0n) is 25.3. The van der Waals surface area contributed by atoms with Gasteiger partial charge in [-0.05, 0) is 69.3 Å². The van der Waals surface area contributed by atoms with Crippen molar-refractivity contribution in [2.24, 2.45) is 0 Å². The number of nitrogens with one attached hydrogen (secondary N) is 2. The van der Waals surface area contributed by atoms with Crippen LogP contribution in [0.4, 0.5) is 22.0 Å². The standard InChI is InChI=1S/C32H33ClN6O3S2/c1-31(2,3)26-14-12-23-27(35-18-36-28(23)39-26)38-24-15-20(41-17-22-16-34-29(33)44-22)9-13-25(24)43-21-10-7-19(8-11-21)37-30(40)42-32(4,5)6/h7-16,18H,17H2,1-6H3,(H,37,40)(H,35,36,38,39). The van der Waals surface area contributed by atoms with Crippen LogP contribution in [0.1, 0.15) is 52.1 Å². The molecular weight excluding hydrogens is 616 g/mol. The van der Waals surface area contributed by atoms with Crippen molar-refractivity contribution in [2.75, 3.05) is 10.6 Å². The monoisotopic (exact) mass is 648 g/mol. The second-order valence-corrected chi connectivity index (χ2v) is 14.8. The van der Waals surface area contributed by atoms with E-state index < -0.39 is 11.7 Å². The number of pyridine rings is 1. The van der Waals surface area contributed by atoms with Crippen molar-refractivity contribution in [3.05, 3.63) is 82.2 Å². The summed E-state index contributed by atoms with van der Waals surface area (Å²) in [5.74, 6) is 1.30. The van der Waals surface area contributed by atoms with Crippen LogP contribution < -0.4 is 15.4 Å². The first-order valence-corrected chi connectivity index (χ1v) is 15.9. The van der Waals surface area contributed by atoms with Crippen LogP contribution in [0.5, 0.6) is 5.75 Å². The second kappa shape index (κ2) is 13.0. The van der Waals surface area contributed by atoms with E-state index in [-0.39, 0.29) is 5.41 Å². The summed E-state index contributed by atoms with van der Waals surface area (Å²) in [4.78, 5) is 32.9. The van der Waals surface area contributed by atoms with Crippen LogP contribution in [0.3, 0.4) is 0 Å². The Morgan fingerprint density at radius 3 is 2.43 bits per heavy atom. The highest BCUT2D eigenvalue weighted by Gasteiger charge is 2.18. The van der Waals surface area contributed by atoms with Gasteiger partial charge in [-0.1, -0.05) is 44.1 Å². The highest BCUT2D eigenvalue weighted by atomic mass is 35.5. The second-order valence-electron chi connectivity index (χ2n) is 11.9. The molecule has 3 heterocycles. The maximum absolute atomic E-state index is 12.2. The quantitative estimate of drug-likeness (QED) is 0.170. The Balaban J connectivity index is 1.41. The van der Waals surface area contributed by atoms with E-state index in [1.807, 2.05) is 75.4 Å². The Bertz CT molecular complexity index is 1780. The number of benzene rings is 2. The molecule has 0 aliphatic rings. The highest BCUT2D eigenvalue weighted by Crippen LogP contribution is 2.38. The first kappa shape index (κ1) is 31.5. The molecular formula is C32H33ClN6O3S2. The number of amides is 1. The molecule has 0 bridgehead atoms. The molecule has 5 rings (SSSR count). The Labute approximate surface area is 269 Å². The highest BCUT2D eigenvalue weighted by molar-refractivity contribution is 7.99. The van der Waals surface area contributed by atoms with E-state index in [1.54, 1.807) is 18.0 Å². The molecule has 9 nitrogen and oxygen atoms in total. The Morgan fingerprint density at radius 1 is 0.977 bits per heavy atom. The number of aromatic nitrogens is 4. The van der Waals surface area contributed by atoms with Gasteiger partial charge in [-0.3, -0.25) is 5.32 Å². The van der Waals surface area contributed by atoms with Crippen molar-refractivity contribution in [3.63, 3.8) is 0 Å². The minimum atomic E-state index is -0.577. The van der Waals surface area contributed by atoms with Gasteiger partial charge in [0.15, 0.2) is 10.1 Å². The van der Waals surface area contributed by atoms with Gasteiger partial charge in [-0.2, -0.15) is 0 Å². The molecule has 228 valence electrons. The third-order valence-corrected chi connectivity index (χ3v) is 8.28. The maximum Gasteiger partial charge on any atom is 0.412 e. The molecule has 2 N–H and O–H groups in total. The molecule has 12 heteroatoms. The molecule has 0 saturated carbocycles. The van der Waals surface area contributed by atoms with E-state index in [0.29, 0.717) is 34.0 Å². The SMILES string of the molecule is CC(C)(C)OC(=O)Nc1ccc(Sc2ccc(OCc3cnc(Cl)s3)cc2Nc2ncnc3nc(C(C)(C)C)ccc23)cc1. The number of nitrogens with zero attached hydrogens (tertiary/aromatic N) is 4. The number of ether oxygens (including phenoxy) is 2. The topological polar surface area (TPSA) is 111 Å². The summed E-state index contributed by atoms with van der Waals surface area (Å²) in [5.41, 5.74) is 2.32. The summed E-state index contributed by atoms with van der Waals surface area (Å²) in [5, 5.41) is 7.07. The summed E-state index contributed by atoms with van der Waals surface area (Å²) in [6, 6.07) is 17.4. The van der Waals surface area contributed by atoms with Crippen LogP contribution in [0.2, 0.25) is 4.47 Å². The van der Waals surface area contributed by atoms with Crippen LogP contribution in [-0.4, -0.2) is 31.6 Å². The largest absolute Gasteiger partial charge is 0.488 e. The van der Waals surface area contributed by atoms with E-state index in [4.69, 9.17) is 26.1 Å². The predicted octanol–water partition coefficient (Wildman–Crippen LogP) is 9.25. The van der Waals surface area contributed by atoms with Crippen molar-refractivity contribution >= 4 is 69.0 Å². The maximum atomic E-state index is 12.2. The molecule has 3 aromatic heterocycles. The van der Waals surface area contributed by atoms with Crippen molar-refractivity contribution < 1.29 is 14.3 Å². The number of fused-ring (bicyclic) bond motifs is 1. The van der Waals surface area contributed by atoms with Crippen LogP contribution in [0.15, 0.2) is 76.9 Å². The smallest absolute Gasteiger partial charge is 0.412 e. The number of hydrogen-bond acceptors (Lipinski definition) is 10. The third kappa shape index (κ3) is 8.37. The van der Waals surface area contributed by atoms with Gasteiger partial charge >= 0.3 is 6.09 Å². The minimum absolute atomic E-state index is 0.109. The predicted molar refractivity (Wildman–Crippen MR) is 178 cm³/mol. The summed E-state index contributed by atoms with van der Waals surface area (Å²) >= 11 is 8.94. The van der Waals surface area contributed by atoms with Crippen LogP contribution in [0.25, 0.3) is 11.0 Å². The summed E-state index contributed by atoms with van der Waals surface area (Å²) in [7, 11) is 0. The average Bonchev–Trinajstić information content (AvgIpc) is 3.37. The van der Waals surface area contributed by atoms with E-state index in [2.05, 4.69) is 46.4 Å². The van der Waals surface area contributed by atoms with E-state index >= 15 is 0 Å². The fourth-order valence-corrected chi connectivity index (χ4v) is 5.81. The lowest BCUT2D eigenvalue weighted by atomic mass is 9.91. The Kier molecular flexibility index (Phi) is 9.28. The fraction of sp³-hybridized carbons (Fsp3) is 0.281. The fourth-order valence-electron chi connectivity index (χ4n) is 4.03. The first-order chi connectivity index (χ1) is 20.8. The van der Waals surface area contributed by atoms with Gasteiger partial charge in [0.05, 0.1) is 16.0 Å². The van der Waals surface area contributed by atoms with Gasteiger partial charge in [0.25, 0.3) is 0 Å².